The SMILES string of the molecule is N#Cc1cc(C(=O)NC(=O)N[C@H]2CC(O)[C@@H](CO)O2)cnc1Sc1ccc(F)cc1. The average Bonchev–Trinajstić information content (AvgIpc) is 3.08. The first-order valence-corrected chi connectivity index (χ1v) is 9.61. The number of imide groups is 1. The van der Waals surface area contributed by atoms with Crippen LogP contribution in [0.25, 0.3) is 0 Å². The number of aromatic nitrogens is 1. The Morgan fingerprint density at radius 1 is 1.37 bits per heavy atom. The van der Waals surface area contributed by atoms with Crippen LogP contribution in [-0.4, -0.2) is 52.2 Å². The molecule has 1 fully saturated rings. The van der Waals surface area contributed by atoms with Crippen molar-refractivity contribution in [2.75, 3.05) is 6.61 Å². The molecule has 9 nitrogen and oxygen atoms in total. The standard InChI is InChI=1S/C19H17FN4O5S/c20-12-1-3-13(4-2-12)30-18-10(7-21)5-11(8-22-18)17(27)24-19(28)23-16-6-14(26)15(9-25)29-16/h1-5,8,14-16,25-26H,6,9H2,(H2,23,24,27,28)/t14?,15-,16-/m1/s1. The van der Waals surface area contributed by atoms with E-state index in [-0.39, 0.29) is 23.4 Å². The molecule has 11 heteroatoms. The molecule has 1 aliphatic heterocycles. The van der Waals surface area contributed by atoms with Crippen LogP contribution >= 0.6 is 11.8 Å². The number of ether oxygens (including phenoxy) is 1. The Kier molecular flexibility index (Phi) is 6.96. The van der Waals surface area contributed by atoms with Gasteiger partial charge in [-0.15, -0.1) is 0 Å². The number of pyridine rings is 1. The molecule has 3 amide bonds. The summed E-state index contributed by atoms with van der Waals surface area (Å²) in [5.41, 5.74) is 0.108. The predicted molar refractivity (Wildman–Crippen MR) is 102 cm³/mol. The Labute approximate surface area is 174 Å². The fraction of sp³-hybridized carbons (Fsp3) is 0.263. The predicted octanol–water partition coefficient (Wildman–Crippen LogP) is 1.15. The molecule has 1 aliphatic rings. The molecule has 3 atom stereocenters. The number of urea groups is 1. The van der Waals surface area contributed by atoms with E-state index in [2.05, 4.69) is 15.6 Å². The van der Waals surface area contributed by atoms with Gasteiger partial charge < -0.3 is 20.3 Å². The first-order valence-electron chi connectivity index (χ1n) is 8.79. The normalized spacial score (nSPS) is 20.4. The van der Waals surface area contributed by atoms with Crippen molar-refractivity contribution in [3.8, 4) is 6.07 Å². The van der Waals surface area contributed by atoms with E-state index in [0.717, 1.165) is 11.8 Å². The van der Waals surface area contributed by atoms with Crippen molar-refractivity contribution >= 4 is 23.7 Å². The second-order valence-corrected chi connectivity index (χ2v) is 7.38. The van der Waals surface area contributed by atoms with Crippen LogP contribution in [0, 0.1) is 17.1 Å². The van der Waals surface area contributed by atoms with Crippen molar-refractivity contribution < 1.29 is 28.9 Å². The highest BCUT2D eigenvalue weighted by Crippen LogP contribution is 2.29. The molecule has 0 spiro atoms. The second-order valence-electron chi connectivity index (χ2n) is 6.32. The first kappa shape index (κ1) is 21.7. The quantitative estimate of drug-likeness (QED) is 0.551. The van der Waals surface area contributed by atoms with Gasteiger partial charge in [-0.3, -0.25) is 10.1 Å². The molecular weight excluding hydrogens is 415 g/mol. The summed E-state index contributed by atoms with van der Waals surface area (Å²) in [5.74, 6) is -1.17. The van der Waals surface area contributed by atoms with Crippen molar-refractivity contribution in [1.82, 2.24) is 15.6 Å². The third kappa shape index (κ3) is 5.31. The zero-order chi connectivity index (χ0) is 21.7. The highest BCUT2D eigenvalue weighted by molar-refractivity contribution is 7.99. The molecule has 3 rings (SSSR count). The monoisotopic (exact) mass is 432 g/mol. The molecule has 0 bridgehead atoms. The topological polar surface area (TPSA) is 145 Å². The van der Waals surface area contributed by atoms with Crippen molar-refractivity contribution in [1.29, 1.82) is 5.26 Å². The number of carbonyl (C=O) groups excluding carboxylic acids is 2. The Bertz CT molecular complexity index is 982. The summed E-state index contributed by atoms with van der Waals surface area (Å²) < 4.78 is 18.2. The van der Waals surface area contributed by atoms with Crippen molar-refractivity contribution in [2.45, 2.75) is 34.8 Å². The summed E-state index contributed by atoms with van der Waals surface area (Å²) in [7, 11) is 0. The molecule has 4 N–H and O–H groups in total. The van der Waals surface area contributed by atoms with E-state index >= 15 is 0 Å². The first-order chi connectivity index (χ1) is 14.4. The third-order valence-corrected chi connectivity index (χ3v) is 5.21. The molecule has 1 aromatic heterocycles. The Balaban J connectivity index is 1.62. The summed E-state index contributed by atoms with van der Waals surface area (Å²) in [6.45, 7) is -0.398. The lowest BCUT2D eigenvalue weighted by Crippen LogP contribution is -2.44. The summed E-state index contributed by atoms with van der Waals surface area (Å²) in [4.78, 5) is 29.0. The van der Waals surface area contributed by atoms with E-state index in [0.29, 0.717) is 9.92 Å². The van der Waals surface area contributed by atoms with Crippen LogP contribution in [-0.2, 0) is 4.74 Å². The lowest BCUT2D eigenvalue weighted by molar-refractivity contribution is -0.0272. The maximum Gasteiger partial charge on any atom is 0.323 e. The molecule has 2 aromatic rings. The molecule has 1 aromatic carbocycles. The van der Waals surface area contributed by atoms with Gasteiger partial charge in [0.2, 0.25) is 0 Å². The molecule has 0 radical (unpaired) electrons. The van der Waals surface area contributed by atoms with Gasteiger partial charge >= 0.3 is 6.03 Å². The van der Waals surface area contributed by atoms with E-state index in [1.54, 1.807) is 0 Å². The summed E-state index contributed by atoms with van der Waals surface area (Å²) in [6.07, 6.45) is -1.30. The van der Waals surface area contributed by atoms with Crippen molar-refractivity contribution in [3.63, 3.8) is 0 Å². The Morgan fingerprint density at radius 3 is 2.73 bits per heavy atom. The maximum absolute atomic E-state index is 13.0. The molecule has 156 valence electrons. The van der Waals surface area contributed by atoms with Crippen LogP contribution < -0.4 is 10.6 Å². The molecule has 2 heterocycles. The Morgan fingerprint density at radius 2 is 2.10 bits per heavy atom. The minimum Gasteiger partial charge on any atom is -0.394 e. The van der Waals surface area contributed by atoms with Crippen LogP contribution in [0.2, 0.25) is 0 Å². The number of halogens is 1. The fourth-order valence-corrected chi connectivity index (χ4v) is 3.51. The fourth-order valence-electron chi connectivity index (χ4n) is 2.70. The van der Waals surface area contributed by atoms with Gasteiger partial charge in [0.25, 0.3) is 5.91 Å². The van der Waals surface area contributed by atoms with Gasteiger partial charge in [0.15, 0.2) is 0 Å². The number of rotatable bonds is 5. The van der Waals surface area contributed by atoms with Gasteiger partial charge in [-0.05, 0) is 30.3 Å². The number of amides is 3. The summed E-state index contributed by atoms with van der Waals surface area (Å²) in [5, 5.41) is 32.8. The minimum atomic E-state index is -0.926. The van der Waals surface area contributed by atoms with E-state index in [1.807, 2.05) is 6.07 Å². The number of aliphatic hydroxyl groups excluding tert-OH is 2. The average molecular weight is 432 g/mol. The lowest BCUT2D eigenvalue weighted by atomic mass is 10.2. The number of carbonyl (C=O) groups is 2. The van der Waals surface area contributed by atoms with Gasteiger partial charge in [0, 0.05) is 17.5 Å². The van der Waals surface area contributed by atoms with E-state index in [1.165, 1.54) is 36.5 Å². The van der Waals surface area contributed by atoms with Crippen LogP contribution in [0.4, 0.5) is 9.18 Å². The van der Waals surface area contributed by atoms with E-state index < -0.39 is 37.0 Å². The number of hydrogen-bond donors (Lipinski definition) is 4. The van der Waals surface area contributed by atoms with Crippen molar-refractivity contribution in [2.24, 2.45) is 0 Å². The van der Waals surface area contributed by atoms with Gasteiger partial charge in [-0.2, -0.15) is 5.26 Å². The summed E-state index contributed by atoms with van der Waals surface area (Å²) in [6, 6.07) is 8.01. The highest BCUT2D eigenvalue weighted by Gasteiger charge is 2.34. The van der Waals surface area contributed by atoms with Gasteiger partial charge in [-0.1, -0.05) is 11.8 Å². The number of hydrogen-bond acceptors (Lipinski definition) is 8. The van der Waals surface area contributed by atoms with Crippen molar-refractivity contribution in [3.05, 3.63) is 53.5 Å². The second kappa shape index (κ2) is 9.64. The molecule has 30 heavy (non-hydrogen) atoms. The molecule has 1 saturated heterocycles. The molecule has 0 saturated carbocycles. The molecule has 0 aliphatic carbocycles. The third-order valence-electron chi connectivity index (χ3n) is 4.18. The van der Waals surface area contributed by atoms with E-state index in [9.17, 15) is 24.3 Å². The number of aliphatic hydroxyl groups is 2. The molecule has 1 unspecified atom stereocenters. The van der Waals surface area contributed by atoms with Gasteiger partial charge in [0.1, 0.15) is 29.2 Å². The smallest absolute Gasteiger partial charge is 0.323 e. The molecular formula is C19H17FN4O5S. The number of nitriles is 1. The van der Waals surface area contributed by atoms with Gasteiger partial charge in [-0.25, -0.2) is 14.2 Å². The Hall–Kier alpha value is -3.04. The number of benzene rings is 1. The zero-order valence-corrected chi connectivity index (χ0v) is 16.2. The highest BCUT2D eigenvalue weighted by atomic mass is 32.2. The maximum atomic E-state index is 13.0. The minimum absolute atomic E-state index is 0.00855. The lowest BCUT2D eigenvalue weighted by Gasteiger charge is -2.14. The summed E-state index contributed by atoms with van der Waals surface area (Å²) >= 11 is 1.13. The van der Waals surface area contributed by atoms with Crippen LogP contribution in [0.15, 0.2) is 46.5 Å². The number of nitrogens with one attached hydrogen (secondary N) is 2. The number of nitrogens with zero attached hydrogens (tertiary/aromatic N) is 2. The van der Waals surface area contributed by atoms with Gasteiger partial charge in [0.05, 0.1) is 23.8 Å². The largest absolute Gasteiger partial charge is 0.394 e. The zero-order valence-electron chi connectivity index (χ0n) is 15.4. The van der Waals surface area contributed by atoms with Crippen LogP contribution in [0.5, 0.6) is 0 Å². The van der Waals surface area contributed by atoms with Crippen LogP contribution in [0.1, 0.15) is 22.3 Å². The van der Waals surface area contributed by atoms with E-state index in [4.69, 9.17) is 9.84 Å². The van der Waals surface area contributed by atoms with Crippen LogP contribution in [0.3, 0.4) is 0 Å².